The van der Waals surface area contributed by atoms with E-state index in [2.05, 4.69) is 4.74 Å². The molecule has 0 aliphatic carbocycles. The molecule has 0 atom stereocenters. The van der Waals surface area contributed by atoms with Crippen molar-refractivity contribution in [2.24, 2.45) is 0 Å². The molecule has 0 unspecified atom stereocenters. The SMILES string of the molecule is COc1cc(C(=O)OCC(=O)c2cc(F)ccc2OC)ccc1OC(F)F. The van der Waals surface area contributed by atoms with Crippen LogP contribution in [0.5, 0.6) is 17.2 Å². The highest BCUT2D eigenvalue weighted by Gasteiger charge is 2.18. The van der Waals surface area contributed by atoms with Crippen LogP contribution in [0.3, 0.4) is 0 Å². The van der Waals surface area contributed by atoms with Gasteiger partial charge in [-0.05, 0) is 36.4 Å². The number of rotatable bonds is 8. The molecule has 0 N–H and O–H groups in total. The van der Waals surface area contributed by atoms with Gasteiger partial charge in [-0.15, -0.1) is 0 Å². The van der Waals surface area contributed by atoms with Crippen LogP contribution in [0.25, 0.3) is 0 Å². The summed E-state index contributed by atoms with van der Waals surface area (Å²) < 4.78 is 56.9. The first-order chi connectivity index (χ1) is 12.8. The average molecular weight is 384 g/mol. The van der Waals surface area contributed by atoms with Crippen LogP contribution in [0.4, 0.5) is 13.2 Å². The van der Waals surface area contributed by atoms with Gasteiger partial charge in [0, 0.05) is 0 Å². The number of Topliss-reactive ketones (excluding diaryl/α,β-unsaturated/α-hetero) is 1. The fraction of sp³-hybridized carbons (Fsp3) is 0.222. The van der Waals surface area contributed by atoms with Crippen LogP contribution in [-0.4, -0.2) is 39.2 Å². The summed E-state index contributed by atoms with van der Waals surface area (Å²) in [7, 11) is 2.52. The summed E-state index contributed by atoms with van der Waals surface area (Å²) >= 11 is 0. The van der Waals surface area contributed by atoms with Crippen molar-refractivity contribution < 1.29 is 41.7 Å². The third-order valence-corrected chi connectivity index (χ3v) is 3.41. The molecular weight excluding hydrogens is 369 g/mol. The number of benzene rings is 2. The van der Waals surface area contributed by atoms with E-state index in [0.29, 0.717) is 0 Å². The van der Waals surface area contributed by atoms with E-state index in [1.54, 1.807) is 0 Å². The van der Waals surface area contributed by atoms with Gasteiger partial charge in [-0.1, -0.05) is 0 Å². The molecule has 0 bridgehead atoms. The number of ether oxygens (including phenoxy) is 4. The molecule has 0 aliphatic rings. The van der Waals surface area contributed by atoms with Gasteiger partial charge in [0.25, 0.3) is 0 Å². The summed E-state index contributed by atoms with van der Waals surface area (Å²) in [6.07, 6.45) is 0. The fourth-order valence-corrected chi connectivity index (χ4v) is 2.18. The predicted octanol–water partition coefficient (Wildman–Crippen LogP) is 3.48. The fourth-order valence-electron chi connectivity index (χ4n) is 2.18. The molecule has 0 saturated carbocycles. The largest absolute Gasteiger partial charge is 0.496 e. The molecule has 9 heteroatoms. The van der Waals surface area contributed by atoms with Gasteiger partial charge in [0.1, 0.15) is 11.6 Å². The lowest BCUT2D eigenvalue weighted by atomic mass is 10.1. The van der Waals surface area contributed by atoms with Crippen LogP contribution in [0.1, 0.15) is 20.7 Å². The molecule has 0 radical (unpaired) electrons. The van der Waals surface area contributed by atoms with Gasteiger partial charge in [0.05, 0.1) is 25.3 Å². The van der Waals surface area contributed by atoms with Crippen molar-refractivity contribution in [2.75, 3.05) is 20.8 Å². The van der Waals surface area contributed by atoms with Crippen molar-refractivity contribution in [1.82, 2.24) is 0 Å². The van der Waals surface area contributed by atoms with Crippen molar-refractivity contribution in [3.05, 3.63) is 53.3 Å². The highest BCUT2D eigenvalue weighted by molar-refractivity contribution is 6.01. The summed E-state index contributed by atoms with van der Waals surface area (Å²) in [5.41, 5.74) is -0.129. The Morgan fingerprint density at radius 1 is 0.963 bits per heavy atom. The second-order valence-electron chi connectivity index (χ2n) is 5.09. The minimum absolute atomic E-state index is 0.0486. The molecule has 0 aliphatic heterocycles. The van der Waals surface area contributed by atoms with E-state index in [-0.39, 0.29) is 28.4 Å². The Balaban J connectivity index is 2.09. The topological polar surface area (TPSA) is 71.1 Å². The number of esters is 1. The maximum absolute atomic E-state index is 13.3. The predicted molar refractivity (Wildman–Crippen MR) is 87.2 cm³/mol. The smallest absolute Gasteiger partial charge is 0.387 e. The summed E-state index contributed by atoms with van der Waals surface area (Å²) in [5, 5.41) is 0. The number of halogens is 3. The minimum Gasteiger partial charge on any atom is -0.496 e. The summed E-state index contributed by atoms with van der Waals surface area (Å²) in [5.74, 6) is -2.46. The summed E-state index contributed by atoms with van der Waals surface area (Å²) in [4.78, 5) is 24.2. The Hall–Kier alpha value is -3.23. The second kappa shape index (κ2) is 8.93. The van der Waals surface area contributed by atoms with Crippen LogP contribution in [0.15, 0.2) is 36.4 Å². The zero-order valence-corrected chi connectivity index (χ0v) is 14.3. The Morgan fingerprint density at radius 2 is 1.63 bits per heavy atom. The highest BCUT2D eigenvalue weighted by atomic mass is 19.3. The molecule has 2 aromatic carbocycles. The van der Waals surface area contributed by atoms with Gasteiger partial charge in [-0.25, -0.2) is 9.18 Å². The van der Waals surface area contributed by atoms with Crippen LogP contribution in [0, 0.1) is 5.82 Å². The Bertz CT molecular complexity index is 838. The van der Waals surface area contributed by atoms with Crippen molar-refractivity contribution in [3.63, 3.8) is 0 Å². The van der Waals surface area contributed by atoms with E-state index in [0.717, 1.165) is 24.3 Å². The van der Waals surface area contributed by atoms with E-state index in [1.807, 2.05) is 0 Å². The molecule has 6 nitrogen and oxygen atoms in total. The highest BCUT2D eigenvalue weighted by Crippen LogP contribution is 2.29. The van der Waals surface area contributed by atoms with Gasteiger partial charge in [-0.3, -0.25) is 4.79 Å². The summed E-state index contributed by atoms with van der Waals surface area (Å²) in [6.45, 7) is -3.73. The first kappa shape index (κ1) is 20.1. The van der Waals surface area contributed by atoms with Crippen molar-refractivity contribution in [1.29, 1.82) is 0 Å². The Morgan fingerprint density at radius 3 is 2.26 bits per heavy atom. The van der Waals surface area contributed by atoms with E-state index in [9.17, 15) is 22.8 Å². The van der Waals surface area contributed by atoms with E-state index < -0.39 is 30.8 Å². The maximum atomic E-state index is 13.3. The molecule has 0 spiro atoms. The third-order valence-electron chi connectivity index (χ3n) is 3.41. The van der Waals surface area contributed by atoms with E-state index >= 15 is 0 Å². The molecule has 27 heavy (non-hydrogen) atoms. The quantitative estimate of drug-likeness (QED) is 0.513. The molecule has 0 fully saturated rings. The van der Waals surface area contributed by atoms with Gasteiger partial charge >= 0.3 is 12.6 Å². The molecular formula is C18H15F3O6. The number of hydrogen-bond acceptors (Lipinski definition) is 6. The number of carbonyl (C=O) groups is 2. The third kappa shape index (κ3) is 5.13. The number of ketones is 1. The lowest BCUT2D eigenvalue weighted by Crippen LogP contribution is -2.15. The average Bonchev–Trinajstić information content (AvgIpc) is 2.65. The normalized spacial score (nSPS) is 10.4. The van der Waals surface area contributed by atoms with E-state index in [4.69, 9.17) is 14.2 Å². The standard InChI is InChI=1S/C18H15F3O6/c1-24-14-6-4-11(19)8-12(14)13(22)9-26-17(23)10-3-5-15(27-18(20)21)16(7-10)25-2/h3-8,18H,9H2,1-2H3. The van der Waals surface area contributed by atoms with Crippen LogP contribution in [-0.2, 0) is 4.74 Å². The molecule has 0 amide bonds. The van der Waals surface area contributed by atoms with Crippen molar-refractivity contribution >= 4 is 11.8 Å². The number of methoxy groups -OCH3 is 2. The van der Waals surface area contributed by atoms with Crippen LogP contribution >= 0.6 is 0 Å². The molecule has 144 valence electrons. The monoisotopic (exact) mass is 384 g/mol. The number of alkyl halides is 2. The maximum Gasteiger partial charge on any atom is 0.387 e. The number of carbonyl (C=O) groups excluding carboxylic acids is 2. The Labute approximate surface area is 152 Å². The number of hydrogen-bond donors (Lipinski definition) is 0. The van der Waals surface area contributed by atoms with Crippen LogP contribution in [0.2, 0.25) is 0 Å². The van der Waals surface area contributed by atoms with Gasteiger partial charge < -0.3 is 18.9 Å². The first-order valence-electron chi connectivity index (χ1n) is 7.52. The van der Waals surface area contributed by atoms with Crippen molar-refractivity contribution in [2.45, 2.75) is 6.61 Å². The molecule has 0 aromatic heterocycles. The zero-order valence-electron chi connectivity index (χ0n) is 14.3. The molecule has 2 aromatic rings. The lowest BCUT2D eigenvalue weighted by molar-refractivity contribution is -0.0512. The minimum atomic E-state index is -3.06. The molecule has 0 saturated heterocycles. The summed E-state index contributed by atoms with van der Waals surface area (Å²) in [6, 6.07) is 6.78. The van der Waals surface area contributed by atoms with Gasteiger partial charge in [0.2, 0.25) is 5.78 Å². The molecule has 0 heterocycles. The van der Waals surface area contributed by atoms with Gasteiger partial charge in [0.15, 0.2) is 18.1 Å². The van der Waals surface area contributed by atoms with Crippen LogP contribution < -0.4 is 14.2 Å². The van der Waals surface area contributed by atoms with Crippen molar-refractivity contribution in [3.8, 4) is 17.2 Å². The zero-order chi connectivity index (χ0) is 20.0. The lowest BCUT2D eigenvalue weighted by Gasteiger charge is -2.11. The van der Waals surface area contributed by atoms with E-state index in [1.165, 1.54) is 26.4 Å². The first-order valence-corrected chi connectivity index (χ1v) is 7.52. The Kier molecular flexibility index (Phi) is 6.64. The molecule has 2 rings (SSSR count). The second-order valence-corrected chi connectivity index (χ2v) is 5.09. The van der Waals surface area contributed by atoms with Gasteiger partial charge in [-0.2, -0.15) is 8.78 Å².